The van der Waals surface area contributed by atoms with Gasteiger partial charge in [0.05, 0.1) is 12.8 Å². The largest absolute Gasteiger partial charge is 0.464 e. The first-order valence-electron chi connectivity index (χ1n) is 9.26. The van der Waals surface area contributed by atoms with Gasteiger partial charge in [-0.25, -0.2) is 14.3 Å². The molecule has 0 aliphatic heterocycles. The lowest BCUT2D eigenvalue weighted by molar-refractivity contribution is 0.0528. The molecule has 1 amide bonds. The highest BCUT2D eigenvalue weighted by Crippen LogP contribution is 2.11. The van der Waals surface area contributed by atoms with Crippen LogP contribution in [0.4, 0.5) is 4.79 Å². The van der Waals surface area contributed by atoms with E-state index in [0.717, 1.165) is 12.8 Å². The molecule has 0 aliphatic carbocycles. The van der Waals surface area contributed by atoms with Gasteiger partial charge in [0.2, 0.25) is 0 Å². The Balaban J connectivity index is 2.65. The van der Waals surface area contributed by atoms with E-state index in [-0.39, 0.29) is 5.69 Å². The molecule has 1 heterocycles. The third-order valence-corrected chi connectivity index (χ3v) is 3.72. The molecule has 0 saturated carbocycles. The summed E-state index contributed by atoms with van der Waals surface area (Å²) in [5.41, 5.74) is 0.318. The molecule has 0 aromatic carbocycles. The molecular weight excluding hydrogens is 336 g/mol. The third kappa shape index (κ3) is 7.84. The number of unbranched alkanes of at least 4 members (excludes halogenated alkanes) is 4. The summed E-state index contributed by atoms with van der Waals surface area (Å²) in [6, 6.07) is 0. The Morgan fingerprint density at radius 3 is 2.46 bits per heavy atom. The molecule has 0 unspecified atom stereocenters. The van der Waals surface area contributed by atoms with Crippen molar-refractivity contribution in [3.05, 3.63) is 11.4 Å². The van der Waals surface area contributed by atoms with Gasteiger partial charge in [0, 0.05) is 19.5 Å². The molecular formula is C18H32N4O4. The number of aryl methyl sites for hydroxylation is 1. The molecule has 26 heavy (non-hydrogen) atoms. The van der Waals surface area contributed by atoms with Gasteiger partial charge in [0.1, 0.15) is 5.60 Å². The van der Waals surface area contributed by atoms with Crippen molar-refractivity contribution in [2.75, 3.05) is 13.7 Å². The van der Waals surface area contributed by atoms with Crippen LogP contribution in [0.1, 0.15) is 76.0 Å². The summed E-state index contributed by atoms with van der Waals surface area (Å²) < 4.78 is 11.7. The van der Waals surface area contributed by atoms with Gasteiger partial charge in [-0.1, -0.05) is 37.8 Å². The second-order valence-electron chi connectivity index (χ2n) is 7.19. The number of carbonyl (C=O) groups excluding carboxylic acids is 2. The minimum Gasteiger partial charge on any atom is -0.464 e. The predicted octanol–water partition coefficient (Wildman–Crippen LogP) is 3.10. The number of amides is 1. The Morgan fingerprint density at radius 1 is 1.15 bits per heavy atom. The molecule has 8 nitrogen and oxygen atoms in total. The van der Waals surface area contributed by atoms with E-state index < -0.39 is 17.7 Å². The van der Waals surface area contributed by atoms with Crippen molar-refractivity contribution in [1.82, 2.24) is 20.3 Å². The molecule has 0 bridgehead atoms. The van der Waals surface area contributed by atoms with E-state index in [9.17, 15) is 9.59 Å². The number of methoxy groups -OCH3 is 1. The van der Waals surface area contributed by atoms with Crippen molar-refractivity contribution in [3.8, 4) is 0 Å². The molecule has 1 N–H and O–H groups in total. The van der Waals surface area contributed by atoms with Crippen LogP contribution in [-0.4, -0.2) is 46.3 Å². The predicted molar refractivity (Wildman–Crippen MR) is 98.1 cm³/mol. The van der Waals surface area contributed by atoms with E-state index in [4.69, 9.17) is 9.47 Å². The molecule has 8 heteroatoms. The number of alkyl carbamates (subject to hydrolysis) is 1. The van der Waals surface area contributed by atoms with E-state index in [2.05, 4.69) is 22.6 Å². The fourth-order valence-corrected chi connectivity index (χ4v) is 2.48. The quantitative estimate of drug-likeness (QED) is 0.504. The maximum absolute atomic E-state index is 11.9. The molecule has 0 radical (unpaired) electrons. The SMILES string of the molecule is CCCCCCCn1nnc(C(=O)OC)c1CCNC(=O)OC(C)(C)C. The first-order chi connectivity index (χ1) is 12.3. The Bertz CT molecular complexity index is 578. The molecule has 0 saturated heterocycles. The lowest BCUT2D eigenvalue weighted by atomic mass is 10.1. The average molecular weight is 368 g/mol. The molecule has 0 aliphatic rings. The van der Waals surface area contributed by atoms with Gasteiger partial charge in [0.15, 0.2) is 5.69 Å². The van der Waals surface area contributed by atoms with Gasteiger partial charge < -0.3 is 14.8 Å². The average Bonchev–Trinajstić information content (AvgIpc) is 2.95. The van der Waals surface area contributed by atoms with Crippen molar-refractivity contribution >= 4 is 12.1 Å². The maximum atomic E-state index is 11.9. The standard InChI is InChI=1S/C18H32N4O4/c1-6-7-8-9-10-13-22-14(15(20-21-22)16(23)25-5)11-12-19-17(24)26-18(2,3)4/h6-13H2,1-5H3,(H,19,24). The zero-order valence-corrected chi connectivity index (χ0v) is 16.6. The summed E-state index contributed by atoms with van der Waals surface area (Å²) >= 11 is 0. The van der Waals surface area contributed by atoms with Crippen molar-refractivity contribution in [3.63, 3.8) is 0 Å². The van der Waals surface area contributed by atoms with Crippen LogP contribution in [0.5, 0.6) is 0 Å². The second kappa shape index (κ2) is 10.8. The highest BCUT2D eigenvalue weighted by atomic mass is 16.6. The van der Waals surface area contributed by atoms with E-state index >= 15 is 0 Å². The first kappa shape index (κ1) is 21.9. The number of ether oxygens (including phenoxy) is 2. The van der Waals surface area contributed by atoms with E-state index in [0.29, 0.717) is 25.2 Å². The van der Waals surface area contributed by atoms with Gasteiger partial charge >= 0.3 is 12.1 Å². The smallest absolute Gasteiger partial charge is 0.407 e. The molecule has 0 spiro atoms. The van der Waals surface area contributed by atoms with Gasteiger partial charge in [-0.15, -0.1) is 5.10 Å². The number of nitrogens with one attached hydrogen (secondary N) is 1. The van der Waals surface area contributed by atoms with Crippen molar-refractivity contribution < 1.29 is 19.1 Å². The van der Waals surface area contributed by atoms with Crippen LogP contribution >= 0.6 is 0 Å². The number of esters is 1. The fourth-order valence-electron chi connectivity index (χ4n) is 2.48. The summed E-state index contributed by atoms with van der Waals surface area (Å²) in [6.07, 6.45) is 5.61. The molecule has 1 rings (SSSR count). The van der Waals surface area contributed by atoms with Crippen LogP contribution in [-0.2, 0) is 22.4 Å². The lowest BCUT2D eigenvalue weighted by Crippen LogP contribution is -2.34. The highest BCUT2D eigenvalue weighted by molar-refractivity contribution is 5.88. The monoisotopic (exact) mass is 368 g/mol. The number of rotatable bonds is 10. The zero-order valence-electron chi connectivity index (χ0n) is 16.6. The number of carbonyl (C=O) groups is 2. The maximum Gasteiger partial charge on any atom is 0.407 e. The van der Waals surface area contributed by atoms with Gasteiger partial charge in [-0.05, 0) is 27.2 Å². The summed E-state index contributed by atoms with van der Waals surface area (Å²) in [4.78, 5) is 23.7. The molecule has 1 aromatic heterocycles. The molecule has 1 aromatic rings. The topological polar surface area (TPSA) is 95.3 Å². The molecule has 0 fully saturated rings. The molecule has 0 atom stereocenters. The summed E-state index contributed by atoms with van der Waals surface area (Å²) in [7, 11) is 1.31. The minimum absolute atomic E-state index is 0.201. The minimum atomic E-state index is -0.553. The van der Waals surface area contributed by atoms with Gasteiger partial charge in [-0.3, -0.25) is 0 Å². The third-order valence-electron chi connectivity index (χ3n) is 3.72. The first-order valence-corrected chi connectivity index (χ1v) is 9.26. The van der Waals surface area contributed by atoms with Gasteiger partial charge in [0.25, 0.3) is 0 Å². The van der Waals surface area contributed by atoms with Crippen LogP contribution in [0.25, 0.3) is 0 Å². The van der Waals surface area contributed by atoms with Crippen LogP contribution in [0.3, 0.4) is 0 Å². The van der Waals surface area contributed by atoms with Crippen LogP contribution < -0.4 is 5.32 Å². The zero-order chi connectivity index (χ0) is 19.6. The van der Waals surface area contributed by atoms with E-state index in [1.54, 1.807) is 25.5 Å². The Labute approximate surface area is 155 Å². The fraction of sp³-hybridized carbons (Fsp3) is 0.778. The van der Waals surface area contributed by atoms with Crippen molar-refractivity contribution in [2.45, 2.75) is 78.4 Å². The number of hydrogen-bond acceptors (Lipinski definition) is 6. The van der Waals surface area contributed by atoms with Crippen LogP contribution in [0.15, 0.2) is 0 Å². The summed E-state index contributed by atoms with van der Waals surface area (Å²) in [6.45, 7) is 8.60. The summed E-state index contributed by atoms with van der Waals surface area (Å²) in [5.74, 6) is -0.519. The number of hydrogen-bond donors (Lipinski definition) is 1. The Morgan fingerprint density at radius 2 is 1.85 bits per heavy atom. The number of aromatic nitrogens is 3. The number of nitrogens with zero attached hydrogens (tertiary/aromatic N) is 3. The Kier molecular flexibility index (Phi) is 9.09. The normalized spacial score (nSPS) is 11.3. The van der Waals surface area contributed by atoms with E-state index in [1.807, 2.05) is 0 Å². The Hall–Kier alpha value is -2.12. The molecule has 148 valence electrons. The van der Waals surface area contributed by atoms with E-state index in [1.165, 1.54) is 26.4 Å². The van der Waals surface area contributed by atoms with Crippen LogP contribution in [0, 0.1) is 0 Å². The highest BCUT2D eigenvalue weighted by Gasteiger charge is 2.21. The van der Waals surface area contributed by atoms with Crippen molar-refractivity contribution in [2.24, 2.45) is 0 Å². The van der Waals surface area contributed by atoms with Gasteiger partial charge in [-0.2, -0.15) is 0 Å². The second-order valence-corrected chi connectivity index (χ2v) is 7.19. The van der Waals surface area contributed by atoms with Crippen LogP contribution in [0.2, 0.25) is 0 Å². The lowest BCUT2D eigenvalue weighted by Gasteiger charge is -2.19. The summed E-state index contributed by atoms with van der Waals surface area (Å²) in [5, 5.41) is 10.7. The van der Waals surface area contributed by atoms with Crippen molar-refractivity contribution in [1.29, 1.82) is 0 Å².